The molecule has 1 aromatic heterocycles. The van der Waals surface area contributed by atoms with Gasteiger partial charge in [-0.05, 0) is 42.0 Å². The van der Waals surface area contributed by atoms with Gasteiger partial charge in [0.25, 0.3) is 11.8 Å². The van der Waals surface area contributed by atoms with Gasteiger partial charge in [0.2, 0.25) is 0 Å². The second-order valence-corrected chi connectivity index (χ2v) is 14.0. The molecule has 2 aromatic carbocycles. The van der Waals surface area contributed by atoms with E-state index in [0.717, 1.165) is 57.7 Å². The monoisotopic (exact) mass is 620 g/mol. The van der Waals surface area contributed by atoms with Crippen molar-refractivity contribution >= 4 is 39.1 Å². The third kappa shape index (κ3) is 5.81. The Morgan fingerprint density at radius 3 is 2.61 bits per heavy atom. The lowest BCUT2D eigenvalue weighted by atomic mass is 9.81. The van der Waals surface area contributed by atoms with Crippen LogP contribution in [0.4, 0.5) is 0 Å². The lowest BCUT2D eigenvalue weighted by molar-refractivity contribution is -0.136. The van der Waals surface area contributed by atoms with Crippen LogP contribution in [0.1, 0.15) is 59.5 Å². The Labute approximate surface area is 258 Å². The molecule has 10 nitrogen and oxygen atoms in total. The third-order valence-electron chi connectivity index (χ3n) is 9.01. The van der Waals surface area contributed by atoms with Gasteiger partial charge in [0.15, 0.2) is 0 Å². The molecule has 2 fully saturated rings. The molecule has 3 heterocycles. The first kappa shape index (κ1) is 30.5. The molecule has 3 aliphatic rings. The normalized spacial score (nSPS) is 19.3. The first-order chi connectivity index (χ1) is 21.2. The number of ether oxygens (including phenoxy) is 2. The van der Waals surface area contributed by atoms with E-state index in [1.165, 1.54) is 26.1 Å². The number of amides is 2. The fourth-order valence-electron chi connectivity index (χ4n) is 6.80. The van der Waals surface area contributed by atoms with Gasteiger partial charge in [0.1, 0.15) is 0 Å². The molecular formula is C33H40N4O6S. The average molecular weight is 621 g/mol. The minimum atomic E-state index is -3.97. The highest BCUT2D eigenvalue weighted by Gasteiger charge is 2.32. The van der Waals surface area contributed by atoms with Gasteiger partial charge in [-0.2, -0.15) is 12.7 Å². The zero-order valence-electron chi connectivity index (χ0n) is 25.5. The highest BCUT2D eigenvalue weighted by atomic mass is 32.2. The zero-order valence-corrected chi connectivity index (χ0v) is 26.4. The van der Waals surface area contributed by atoms with E-state index in [1.807, 2.05) is 29.3 Å². The number of aromatic nitrogens is 1. The summed E-state index contributed by atoms with van der Waals surface area (Å²) in [6.07, 6.45) is 7.89. The van der Waals surface area contributed by atoms with Crippen molar-refractivity contribution in [3.63, 3.8) is 0 Å². The van der Waals surface area contributed by atoms with Gasteiger partial charge in [0.05, 0.1) is 30.5 Å². The van der Waals surface area contributed by atoms with Crippen molar-refractivity contribution in [2.45, 2.75) is 50.5 Å². The molecule has 2 aliphatic heterocycles. The van der Waals surface area contributed by atoms with Crippen LogP contribution < -0.4 is 4.72 Å². The molecule has 234 valence electrons. The SMILES string of the molecule is COC[C@H]1CN(C(=O)C2=Cn3c(c(C4CCCCC4)c4ccc(C(=O)NS(=O)(=O)N(C)C)cc43)-c3ccccc3C2)CCO1. The number of hydrogen-bond donors (Lipinski definition) is 1. The summed E-state index contributed by atoms with van der Waals surface area (Å²) in [6.45, 7) is 1.80. The number of carbonyl (C=O) groups excluding carboxylic acids is 2. The van der Waals surface area contributed by atoms with E-state index in [4.69, 9.17) is 9.47 Å². The van der Waals surface area contributed by atoms with Crippen LogP contribution in [0.25, 0.3) is 28.4 Å². The Kier molecular flexibility index (Phi) is 8.65. The van der Waals surface area contributed by atoms with Crippen molar-refractivity contribution in [2.75, 3.05) is 47.5 Å². The Balaban J connectivity index is 1.53. The van der Waals surface area contributed by atoms with Crippen molar-refractivity contribution in [2.24, 2.45) is 0 Å². The maximum absolute atomic E-state index is 14.1. The predicted molar refractivity (Wildman–Crippen MR) is 169 cm³/mol. The van der Waals surface area contributed by atoms with E-state index in [0.29, 0.717) is 44.2 Å². The number of methoxy groups -OCH3 is 1. The summed E-state index contributed by atoms with van der Waals surface area (Å²) in [5.41, 5.74) is 6.07. The molecule has 0 radical (unpaired) electrons. The Bertz CT molecular complexity index is 1720. The number of nitrogens with one attached hydrogen (secondary N) is 1. The molecular weight excluding hydrogens is 580 g/mol. The molecule has 3 aromatic rings. The summed E-state index contributed by atoms with van der Waals surface area (Å²) in [5, 5.41) is 1.02. The standard InChI is InChI=1S/C33H40N4O6S/c1-35(2)44(40,41)34-32(38)24-13-14-28-29(18-24)37-19-25(33(39)36-15-16-43-26(20-36)21-42-3)17-23-11-7-8-12-27(23)31(37)30(28)22-9-5-4-6-10-22/h7-8,11-14,18-19,22,26H,4-6,9-10,15-17,20-21H2,1-3H3,(H,34,38)/t26-/m1/s1. The quantitative estimate of drug-likeness (QED) is 0.425. The molecule has 1 aliphatic carbocycles. The molecule has 0 spiro atoms. The minimum Gasteiger partial charge on any atom is -0.382 e. The van der Waals surface area contributed by atoms with E-state index in [9.17, 15) is 18.0 Å². The van der Waals surface area contributed by atoms with Crippen molar-refractivity contribution in [1.29, 1.82) is 0 Å². The van der Waals surface area contributed by atoms with E-state index >= 15 is 0 Å². The van der Waals surface area contributed by atoms with Gasteiger partial charge in [-0.25, -0.2) is 4.72 Å². The fraction of sp³-hybridized carbons (Fsp3) is 0.455. The molecule has 1 saturated carbocycles. The number of carbonyl (C=O) groups is 2. The summed E-state index contributed by atoms with van der Waals surface area (Å²) in [7, 11) is 0.397. The van der Waals surface area contributed by atoms with E-state index in [-0.39, 0.29) is 17.6 Å². The summed E-state index contributed by atoms with van der Waals surface area (Å²) in [6, 6.07) is 13.6. The average Bonchev–Trinajstić information content (AvgIpc) is 3.23. The molecule has 11 heteroatoms. The van der Waals surface area contributed by atoms with Gasteiger partial charge in [-0.3, -0.25) is 9.59 Å². The molecule has 1 atom stereocenters. The van der Waals surface area contributed by atoms with Crippen LogP contribution in [0, 0.1) is 0 Å². The summed E-state index contributed by atoms with van der Waals surface area (Å²) in [5.74, 6) is -0.421. The number of nitrogens with zero attached hydrogens (tertiary/aromatic N) is 3. The largest absolute Gasteiger partial charge is 0.382 e. The van der Waals surface area contributed by atoms with Crippen molar-refractivity contribution in [3.05, 3.63) is 64.7 Å². The summed E-state index contributed by atoms with van der Waals surface area (Å²) in [4.78, 5) is 29.2. The Morgan fingerprint density at radius 2 is 1.86 bits per heavy atom. The van der Waals surface area contributed by atoms with Gasteiger partial charge < -0.3 is 18.9 Å². The first-order valence-corrected chi connectivity index (χ1v) is 16.7. The number of morpholine rings is 1. The highest BCUT2D eigenvalue weighted by Crippen LogP contribution is 2.46. The van der Waals surface area contributed by atoms with Gasteiger partial charge in [-0.15, -0.1) is 0 Å². The molecule has 2 amide bonds. The fourth-order valence-corrected chi connectivity index (χ4v) is 7.33. The van der Waals surface area contributed by atoms with Crippen molar-refractivity contribution < 1.29 is 27.5 Å². The van der Waals surface area contributed by atoms with Crippen LogP contribution in [0.2, 0.25) is 0 Å². The first-order valence-electron chi connectivity index (χ1n) is 15.3. The van der Waals surface area contributed by atoms with Gasteiger partial charge in [0, 0.05) is 69.0 Å². The second kappa shape index (κ2) is 12.5. The predicted octanol–water partition coefficient (Wildman–Crippen LogP) is 4.16. The second-order valence-electron chi connectivity index (χ2n) is 12.1. The molecule has 1 N–H and O–H groups in total. The lowest BCUT2D eigenvalue weighted by Gasteiger charge is -2.33. The topological polar surface area (TPSA) is 110 Å². The molecule has 1 saturated heterocycles. The number of benzene rings is 2. The summed E-state index contributed by atoms with van der Waals surface area (Å²) < 4.78 is 41.2. The lowest BCUT2D eigenvalue weighted by Crippen LogP contribution is -2.47. The number of hydrogen-bond acceptors (Lipinski definition) is 6. The van der Waals surface area contributed by atoms with Crippen molar-refractivity contribution in [1.82, 2.24) is 18.5 Å². The Hall–Kier alpha value is -3.51. The van der Waals surface area contributed by atoms with Crippen LogP contribution in [0.5, 0.6) is 0 Å². The number of rotatable bonds is 7. The van der Waals surface area contributed by atoms with Gasteiger partial charge >= 0.3 is 10.2 Å². The maximum atomic E-state index is 14.1. The molecule has 0 bridgehead atoms. The van der Waals surface area contributed by atoms with E-state index in [1.54, 1.807) is 19.2 Å². The zero-order chi connectivity index (χ0) is 31.0. The third-order valence-corrected chi connectivity index (χ3v) is 10.4. The summed E-state index contributed by atoms with van der Waals surface area (Å²) >= 11 is 0. The number of fused-ring (bicyclic) bond motifs is 5. The molecule has 6 rings (SSSR count). The molecule has 44 heavy (non-hydrogen) atoms. The molecule has 0 unspecified atom stereocenters. The van der Waals surface area contributed by atoms with E-state index < -0.39 is 16.1 Å². The van der Waals surface area contributed by atoms with Crippen LogP contribution in [0.15, 0.2) is 48.0 Å². The highest BCUT2D eigenvalue weighted by molar-refractivity contribution is 7.87. The van der Waals surface area contributed by atoms with Crippen molar-refractivity contribution in [3.8, 4) is 11.3 Å². The van der Waals surface area contributed by atoms with Crippen LogP contribution in [-0.4, -0.2) is 87.6 Å². The van der Waals surface area contributed by atoms with Gasteiger partial charge in [-0.1, -0.05) is 49.6 Å². The van der Waals surface area contributed by atoms with Crippen LogP contribution >= 0.6 is 0 Å². The maximum Gasteiger partial charge on any atom is 0.303 e. The minimum absolute atomic E-state index is 0.0518. The smallest absolute Gasteiger partial charge is 0.303 e. The van der Waals surface area contributed by atoms with Crippen LogP contribution in [0.3, 0.4) is 0 Å². The Morgan fingerprint density at radius 1 is 1.09 bits per heavy atom. The van der Waals surface area contributed by atoms with E-state index in [2.05, 4.69) is 21.4 Å². The van der Waals surface area contributed by atoms with Crippen LogP contribution in [-0.2, 0) is 30.9 Å².